The fourth-order valence-corrected chi connectivity index (χ4v) is 4.08. The number of aromatic nitrogens is 3. The third kappa shape index (κ3) is 5.28. The molecule has 0 saturated carbocycles. The summed E-state index contributed by atoms with van der Waals surface area (Å²) in [5.41, 5.74) is 1.90. The molecule has 1 aromatic carbocycles. The number of amides is 2. The number of halogens is 2. The number of nitrogens with zero attached hydrogens (tertiary/aromatic N) is 4. The molecule has 0 radical (unpaired) electrons. The number of likely N-dealkylation sites (tertiary alicyclic amines) is 1. The van der Waals surface area contributed by atoms with Gasteiger partial charge in [0.15, 0.2) is 0 Å². The van der Waals surface area contributed by atoms with E-state index in [2.05, 4.69) is 15.4 Å². The fraction of sp³-hybridized carbons (Fsp3) is 0.250. The summed E-state index contributed by atoms with van der Waals surface area (Å²) >= 11 is 6.47. The number of piperidine rings is 1. The molecular formula is C24H23ClFN5O2. The molecular weight excluding hydrogens is 445 g/mol. The van der Waals surface area contributed by atoms with Gasteiger partial charge in [0.2, 0.25) is 11.8 Å². The van der Waals surface area contributed by atoms with Gasteiger partial charge in [-0.25, -0.2) is 14.1 Å². The highest BCUT2D eigenvalue weighted by molar-refractivity contribution is 6.31. The molecule has 1 aliphatic rings. The van der Waals surface area contributed by atoms with Crippen LogP contribution in [0.3, 0.4) is 0 Å². The second-order valence-electron chi connectivity index (χ2n) is 7.82. The lowest BCUT2D eigenvalue weighted by atomic mass is 9.96. The standard InChI is InChI=1S/C24H23ClFN5O2/c1-16-20(23(25)31(29-16)19-7-5-18(26)6-8-19)9-10-22(32)30-14-11-17(12-15-30)24(33)28-21-4-2-3-13-27-21/h2-10,13,17H,11-12,14-15H2,1H3,(H,27,28,33). The molecule has 1 fully saturated rings. The van der Waals surface area contributed by atoms with Gasteiger partial charge in [0.05, 0.1) is 11.4 Å². The fourth-order valence-electron chi connectivity index (χ4n) is 3.74. The van der Waals surface area contributed by atoms with Crippen molar-refractivity contribution in [2.75, 3.05) is 18.4 Å². The Balaban J connectivity index is 1.36. The zero-order valence-electron chi connectivity index (χ0n) is 18.0. The molecule has 2 aromatic heterocycles. The monoisotopic (exact) mass is 467 g/mol. The van der Waals surface area contributed by atoms with E-state index in [0.29, 0.717) is 53.8 Å². The lowest BCUT2D eigenvalue weighted by Gasteiger charge is -2.30. The van der Waals surface area contributed by atoms with Gasteiger partial charge >= 0.3 is 0 Å². The molecule has 3 aromatic rings. The summed E-state index contributed by atoms with van der Waals surface area (Å²) in [7, 11) is 0. The smallest absolute Gasteiger partial charge is 0.246 e. The minimum Gasteiger partial charge on any atom is -0.339 e. The maximum absolute atomic E-state index is 13.2. The van der Waals surface area contributed by atoms with Crippen LogP contribution < -0.4 is 5.32 Å². The van der Waals surface area contributed by atoms with E-state index < -0.39 is 0 Å². The number of nitrogens with one attached hydrogen (secondary N) is 1. The van der Waals surface area contributed by atoms with E-state index in [1.54, 1.807) is 48.4 Å². The summed E-state index contributed by atoms with van der Waals surface area (Å²) in [5.74, 6) is -0.207. The molecule has 3 heterocycles. The number of hydrogen-bond acceptors (Lipinski definition) is 4. The zero-order chi connectivity index (χ0) is 23.4. The Labute approximate surface area is 195 Å². The first-order valence-electron chi connectivity index (χ1n) is 10.6. The van der Waals surface area contributed by atoms with Crippen LogP contribution in [0.25, 0.3) is 11.8 Å². The highest BCUT2D eigenvalue weighted by Gasteiger charge is 2.27. The van der Waals surface area contributed by atoms with Gasteiger partial charge in [-0.15, -0.1) is 0 Å². The topological polar surface area (TPSA) is 80.1 Å². The molecule has 2 amide bonds. The molecule has 33 heavy (non-hydrogen) atoms. The van der Waals surface area contributed by atoms with Crippen LogP contribution in [0.2, 0.25) is 5.15 Å². The summed E-state index contributed by atoms with van der Waals surface area (Å²) < 4.78 is 14.7. The van der Waals surface area contributed by atoms with Gasteiger partial charge in [-0.3, -0.25) is 9.59 Å². The van der Waals surface area contributed by atoms with E-state index >= 15 is 0 Å². The van der Waals surface area contributed by atoms with Crippen molar-refractivity contribution in [2.24, 2.45) is 5.92 Å². The number of aryl methyl sites for hydroxylation is 1. The quantitative estimate of drug-likeness (QED) is 0.568. The van der Waals surface area contributed by atoms with Crippen LogP contribution in [0, 0.1) is 18.7 Å². The van der Waals surface area contributed by atoms with Crippen molar-refractivity contribution in [1.29, 1.82) is 0 Å². The summed E-state index contributed by atoms with van der Waals surface area (Å²) in [5, 5.41) is 7.56. The summed E-state index contributed by atoms with van der Waals surface area (Å²) in [4.78, 5) is 31.0. The molecule has 1 N–H and O–H groups in total. The molecule has 9 heteroatoms. The Morgan fingerprint density at radius 3 is 2.55 bits per heavy atom. The van der Waals surface area contributed by atoms with E-state index in [9.17, 15) is 14.0 Å². The van der Waals surface area contributed by atoms with Crippen molar-refractivity contribution in [3.63, 3.8) is 0 Å². The number of hydrogen-bond donors (Lipinski definition) is 1. The van der Waals surface area contributed by atoms with Crippen LogP contribution in [-0.4, -0.2) is 44.6 Å². The van der Waals surface area contributed by atoms with Crippen molar-refractivity contribution in [3.05, 3.63) is 77.0 Å². The molecule has 0 unspecified atom stereocenters. The summed E-state index contributed by atoms with van der Waals surface area (Å²) in [6.45, 7) is 2.78. The van der Waals surface area contributed by atoms with Crippen molar-refractivity contribution in [2.45, 2.75) is 19.8 Å². The number of pyridine rings is 1. The van der Waals surface area contributed by atoms with E-state index in [4.69, 9.17) is 11.6 Å². The normalized spacial score (nSPS) is 14.6. The summed E-state index contributed by atoms with van der Waals surface area (Å²) in [6, 6.07) is 11.2. The molecule has 0 aliphatic carbocycles. The Hall–Kier alpha value is -3.52. The second-order valence-corrected chi connectivity index (χ2v) is 8.17. The van der Waals surface area contributed by atoms with Crippen LogP contribution in [0.15, 0.2) is 54.7 Å². The van der Waals surface area contributed by atoms with E-state index in [0.717, 1.165) is 0 Å². The van der Waals surface area contributed by atoms with Gasteiger partial charge in [-0.05, 0) is 62.2 Å². The first kappa shape index (κ1) is 22.7. The van der Waals surface area contributed by atoms with Gasteiger partial charge < -0.3 is 10.2 Å². The number of rotatable bonds is 5. The van der Waals surface area contributed by atoms with Crippen LogP contribution in [0.1, 0.15) is 24.1 Å². The minimum absolute atomic E-state index is 0.0769. The first-order valence-corrected chi connectivity index (χ1v) is 11.0. The third-order valence-corrected chi connectivity index (χ3v) is 5.97. The van der Waals surface area contributed by atoms with Crippen LogP contribution in [-0.2, 0) is 9.59 Å². The Morgan fingerprint density at radius 2 is 1.88 bits per heavy atom. The SMILES string of the molecule is Cc1nn(-c2ccc(F)cc2)c(Cl)c1C=CC(=O)N1CCC(C(=O)Nc2ccccn2)CC1. The molecule has 0 spiro atoms. The largest absolute Gasteiger partial charge is 0.339 e. The number of benzene rings is 1. The Bertz CT molecular complexity index is 1170. The average molecular weight is 468 g/mol. The van der Waals surface area contributed by atoms with Crippen LogP contribution in [0.5, 0.6) is 0 Å². The molecule has 7 nitrogen and oxygen atoms in total. The average Bonchev–Trinajstić information content (AvgIpc) is 3.11. The predicted octanol–water partition coefficient (Wildman–Crippen LogP) is 4.26. The number of anilines is 1. The summed E-state index contributed by atoms with van der Waals surface area (Å²) in [6.07, 6.45) is 5.91. The third-order valence-electron chi connectivity index (χ3n) is 5.61. The highest BCUT2D eigenvalue weighted by Crippen LogP contribution is 2.25. The predicted molar refractivity (Wildman–Crippen MR) is 124 cm³/mol. The van der Waals surface area contributed by atoms with Crippen molar-refractivity contribution >= 4 is 35.3 Å². The Morgan fingerprint density at radius 1 is 1.15 bits per heavy atom. The highest BCUT2D eigenvalue weighted by atomic mass is 35.5. The number of carbonyl (C=O) groups is 2. The van der Waals surface area contributed by atoms with Crippen LogP contribution in [0.4, 0.5) is 10.2 Å². The van der Waals surface area contributed by atoms with Gasteiger partial charge in [0, 0.05) is 36.8 Å². The van der Waals surface area contributed by atoms with Crippen LogP contribution >= 0.6 is 11.6 Å². The van der Waals surface area contributed by atoms with Gasteiger partial charge in [0.25, 0.3) is 0 Å². The number of carbonyl (C=O) groups excluding carboxylic acids is 2. The van der Waals surface area contributed by atoms with E-state index in [1.807, 2.05) is 6.07 Å². The molecule has 170 valence electrons. The molecule has 1 aliphatic heterocycles. The van der Waals surface area contributed by atoms with Crippen molar-refractivity contribution in [3.8, 4) is 5.69 Å². The van der Waals surface area contributed by atoms with Gasteiger partial charge in [-0.2, -0.15) is 5.10 Å². The minimum atomic E-state index is -0.345. The lowest BCUT2D eigenvalue weighted by Crippen LogP contribution is -2.40. The molecule has 0 atom stereocenters. The first-order chi connectivity index (χ1) is 15.9. The van der Waals surface area contributed by atoms with E-state index in [-0.39, 0.29) is 23.5 Å². The maximum atomic E-state index is 13.2. The lowest BCUT2D eigenvalue weighted by molar-refractivity contribution is -0.130. The maximum Gasteiger partial charge on any atom is 0.246 e. The molecule has 4 rings (SSSR count). The van der Waals surface area contributed by atoms with Crippen molar-refractivity contribution in [1.82, 2.24) is 19.7 Å². The van der Waals surface area contributed by atoms with Crippen molar-refractivity contribution < 1.29 is 14.0 Å². The van der Waals surface area contributed by atoms with E-state index in [1.165, 1.54) is 22.9 Å². The molecule has 1 saturated heterocycles. The second kappa shape index (κ2) is 9.95. The van der Waals surface area contributed by atoms with Gasteiger partial charge in [-0.1, -0.05) is 17.7 Å². The zero-order valence-corrected chi connectivity index (χ0v) is 18.8. The molecule has 0 bridgehead atoms. The van der Waals surface area contributed by atoms with Gasteiger partial charge in [0.1, 0.15) is 16.8 Å². The Kier molecular flexibility index (Phi) is 6.84.